The summed E-state index contributed by atoms with van der Waals surface area (Å²) in [5.74, 6) is -0.559. The molecule has 0 aliphatic carbocycles. The second-order valence-electron chi connectivity index (χ2n) is 6.60. The maximum atomic E-state index is 14.4. The molecular weight excluding hydrogens is 407 g/mol. The minimum Gasteiger partial charge on any atom is -0.497 e. The number of rotatable bonds is 6. The Morgan fingerprint density at radius 3 is 2.43 bits per heavy atom. The Morgan fingerprint density at radius 1 is 1.13 bits per heavy atom. The van der Waals surface area contributed by atoms with Gasteiger partial charge < -0.3 is 10.1 Å². The van der Waals surface area contributed by atoms with Crippen molar-refractivity contribution in [1.82, 2.24) is 10.3 Å². The van der Waals surface area contributed by atoms with Gasteiger partial charge in [-0.25, -0.2) is 4.39 Å². The lowest BCUT2D eigenvalue weighted by molar-refractivity contribution is 0.0954. The quantitative estimate of drug-likeness (QED) is 0.573. The standard InChI is InChI=1S/C23H20ClFN2O3/c1-4-26-23(29)15-9-17(13(2)20(25)10-15)21-11-19(24)18(12-27-21)22(28)14-5-7-16(30-3)8-6-14/h5-12H,4H2,1-3H3,(H,26,29). The molecule has 0 spiro atoms. The van der Waals surface area contributed by atoms with Crippen molar-refractivity contribution in [3.63, 3.8) is 0 Å². The number of ketones is 1. The molecule has 1 N–H and O–H groups in total. The smallest absolute Gasteiger partial charge is 0.251 e. The van der Waals surface area contributed by atoms with Gasteiger partial charge in [0.1, 0.15) is 11.6 Å². The third kappa shape index (κ3) is 4.33. The van der Waals surface area contributed by atoms with Crippen LogP contribution in [-0.4, -0.2) is 30.3 Å². The predicted molar refractivity (Wildman–Crippen MR) is 114 cm³/mol. The second-order valence-corrected chi connectivity index (χ2v) is 7.00. The Bertz CT molecular complexity index is 1110. The number of amides is 1. The van der Waals surface area contributed by atoms with E-state index < -0.39 is 5.82 Å². The number of carbonyl (C=O) groups is 2. The second kappa shape index (κ2) is 9.05. The highest BCUT2D eigenvalue weighted by atomic mass is 35.5. The van der Waals surface area contributed by atoms with Crippen LogP contribution < -0.4 is 10.1 Å². The molecule has 154 valence electrons. The first kappa shape index (κ1) is 21.5. The molecule has 0 saturated carbocycles. The SMILES string of the molecule is CCNC(=O)c1cc(F)c(C)c(-c2cc(Cl)c(C(=O)c3ccc(OC)cc3)cn2)c1. The van der Waals surface area contributed by atoms with Crippen LogP contribution in [0.1, 0.15) is 38.8 Å². The minimum atomic E-state index is -0.523. The maximum absolute atomic E-state index is 14.4. The molecule has 0 radical (unpaired) electrons. The summed E-state index contributed by atoms with van der Waals surface area (Å²) >= 11 is 6.37. The van der Waals surface area contributed by atoms with Crippen molar-refractivity contribution >= 4 is 23.3 Å². The fraction of sp³-hybridized carbons (Fsp3) is 0.174. The Kier molecular flexibility index (Phi) is 6.47. The number of hydrogen-bond donors (Lipinski definition) is 1. The van der Waals surface area contributed by atoms with E-state index in [0.717, 1.165) is 0 Å². The van der Waals surface area contributed by atoms with Crippen molar-refractivity contribution < 1.29 is 18.7 Å². The number of aromatic nitrogens is 1. The van der Waals surface area contributed by atoms with E-state index in [4.69, 9.17) is 16.3 Å². The Balaban J connectivity index is 1.98. The fourth-order valence-electron chi connectivity index (χ4n) is 2.98. The molecule has 0 atom stereocenters. The summed E-state index contributed by atoms with van der Waals surface area (Å²) in [7, 11) is 1.54. The Hall–Kier alpha value is -3.25. The molecule has 1 amide bonds. The molecule has 1 heterocycles. The van der Waals surface area contributed by atoms with Gasteiger partial charge in [-0.1, -0.05) is 11.6 Å². The van der Waals surface area contributed by atoms with Crippen molar-refractivity contribution in [2.24, 2.45) is 0 Å². The number of carbonyl (C=O) groups excluding carboxylic acids is 2. The van der Waals surface area contributed by atoms with E-state index in [0.29, 0.717) is 34.7 Å². The van der Waals surface area contributed by atoms with Crippen LogP contribution >= 0.6 is 11.6 Å². The van der Waals surface area contributed by atoms with E-state index in [1.807, 2.05) is 0 Å². The fourth-order valence-corrected chi connectivity index (χ4v) is 3.22. The predicted octanol–water partition coefficient (Wildman–Crippen LogP) is 4.84. The van der Waals surface area contributed by atoms with Crippen LogP contribution in [0, 0.1) is 12.7 Å². The molecule has 3 rings (SSSR count). The van der Waals surface area contributed by atoms with Crippen molar-refractivity contribution in [1.29, 1.82) is 0 Å². The van der Waals surface area contributed by atoms with E-state index in [1.165, 1.54) is 18.3 Å². The molecule has 2 aromatic carbocycles. The largest absolute Gasteiger partial charge is 0.497 e. The number of hydrogen-bond acceptors (Lipinski definition) is 4. The van der Waals surface area contributed by atoms with Crippen LogP contribution in [0.4, 0.5) is 4.39 Å². The summed E-state index contributed by atoms with van der Waals surface area (Å²) in [6, 6.07) is 10.9. The lowest BCUT2D eigenvalue weighted by atomic mass is 9.99. The molecule has 0 fully saturated rings. The highest BCUT2D eigenvalue weighted by Crippen LogP contribution is 2.29. The number of methoxy groups -OCH3 is 1. The minimum absolute atomic E-state index is 0.184. The zero-order chi connectivity index (χ0) is 21.8. The molecule has 0 aliphatic rings. The van der Waals surface area contributed by atoms with E-state index in [1.54, 1.807) is 51.3 Å². The molecule has 0 bridgehead atoms. The number of pyridine rings is 1. The summed E-state index contributed by atoms with van der Waals surface area (Å²) in [6.07, 6.45) is 1.36. The first-order valence-electron chi connectivity index (χ1n) is 9.28. The van der Waals surface area contributed by atoms with E-state index >= 15 is 0 Å². The van der Waals surface area contributed by atoms with E-state index in [-0.39, 0.29) is 27.8 Å². The molecule has 7 heteroatoms. The Labute approximate surface area is 178 Å². The van der Waals surface area contributed by atoms with Crippen molar-refractivity contribution in [2.45, 2.75) is 13.8 Å². The third-order valence-electron chi connectivity index (χ3n) is 4.67. The summed E-state index contributed by atoms with van der Waals surface area (Å²) in [5.41, 5.74) is 1.99. The normalized spacial score (nSPS) is 10.6. The van der Waals surface area contributed by atoms with Crippen LogP contribution in [0.15, 0.2) is 48.7 Å². The zero-order valence-corrected chi connectivity index (χ0v) is 17.5. The zero-order valence-electron chi connectivity index (χ0n) is 16.8. The summed E-state index contributed by atoms with van der Waals surface area (Å²) in [4.78, 5) is 29.2. The van der Waals surface area contributed by atoms with Crippen molar-refractivity contribution in [2.75, 3.05) is 13.7 Å². The summed E-state index contributed by atoms with van der Waals surface area (Å²) in [6.45, 7) is 3.80. The van der Waals surface area contributed by atoms with Gasteiger partial charge in [-0.2, -0.15) is 0 Å². The maximum Gasteiger partial charge on any atom is 0.251 e. The van der Waals surface area contributed by atoms with Crippen LogP contribution in [-0.2, 0) is 0 Å². The molecular formula is C23H20ClFN2O3. The Morgan fingerprint density at radius 2 is 1.83 bits per heavy atom. The van der Waals surface area contributed by atoms with Gasteiger partial charge in [0.25, 0.3) is 5.91 Å². The average Bonchev–Trinajstić information content (AvgIpc) is 2.75. The van der Waals surface area contributed by atoms with E-state index in [9.17, 15) is 14.0 Å². The molecule has 0 unspecified atom stereocenters. The molecule has 0 saturated heterocycles. The number of ether oxygens (including phenoxy) is 1. The van der Waals surface area contributed by atoms with Gasteiger partial charge in [-0.05, 0) is 61.9 Å². The van der Waals surface area contributed by atoms with Gasteiger partial charge in [-0.15, -0.1) is 0 Å². The van der Waals surface area contributed by atoms with E-state index in [2.05, 4.69) is 10.3 Å². The molecule has 1 aromatic heterocycles. The van der Waals surface area contributed by atoms with Gasteiger partial charge >= 0.3 is 0 Å². The number of benzene rings is 2. The highest BCUT2D eigenvalue weighted by Gasteiger charge is 2.18. The van der Waals surface area contributed by atoms with Crippen LogP contribution in [0.25, 0.3) is 11.3 Å². The monoisotopic (exact) mass is 426 g/mol. The van der Waals surface area contributed by atoms with Gasteiger partial charge in [0, 0.05) is 29.4 Å². The lowest BCUT2D eigenvalue weighted by Crippen LogP contribution is -2.23. The highest BCUT2D eigenvalue weighted by molar-refractivity contribution is 6.35. The van der Waals surface area contributed by atoms with Gasteiger partial charge in [0.05, 0.1) is 23.4 Å². The third-order valence-corrected chi connectivity index (χ3v) is 4.98. The lowest BCUT2D eigenvalue weighted by Gasteiger charge is -2.12. The van der Waals surface area contributed by atoms with Gasteiger partial charge in [0.15, 0.2) is 5.78 Å². The number of nitrogens with zero attached hydrogens (tertiary/aromatic N) is 1. The topological polar surface area (TPSA) is 68.3 Å². The van der Waals surface area contributed by atoms with Crippen LogP contribution in [0.3, 0.4) is 0 Å². The van der Waals surface area contributed by atoms with Gasteiger partial charge in [-0.3, -0.25) is 14.6 Å². The first-order valence-corrected chi connectivity index (χ1v) is 9.66. The molecule has 3 aromatic rings. The van der Waals surface area contributed by atoms with Gasteiger partial charge in [0.2, 0.25) is 0 Å². The molecule has 5 nitrogen and oxygen atoms in total. The van der Waals surface area contributed by atoms with Crippen molar-refractivity contribution in [3.05, 3.63) is 81.8 Å². The summed E-state index contributed by atoms with van der Waals surface area (Å²) < 4.78 is 19.5. The average molecular weight is 427 g/mol. The number of nitrogens with one attached hydrogen (secondary N) is 1. The number of halogens is 2. The molecule has 30 heavy (non-hydrogen) atoms. The van der Waals surface area contributed by atoms with Crippen LogP contribution in [0.2, 0.25) is 5.02 Å². The molecule has 0 aliphatic heterocycles. The van der Waals surface area contributed by atoms with Crippen LogP contribution in [0.5, 0.6) is 5.75 Å². The van der Waals surface area contributed by atoms with Crippen molar-refractivity contribution in [3.8, 4) is 17.0 Å². The summed E-state index contributed by atoms with van der Waals surface area (Å²) in [5, 5.41) is 2.83. The first-order chi connectivity index (χ1) is 14.3.